The van der Waals surface area contributed by atoms with Crippen molar-refractivity contribution in [3.05, 3.63) is 63.9 Å². The van der Waals surface area contributed by atoms with E-state index in [2.05, 4.69) is 39.7 Å². The van der Waals surface area contributed by atoms with E-state index in [1.807, 2.05) is 31.3 Å². The van der Waals surface area contributed by atoms with Crippen LogP contribution in [0.4, 0.5) is 5.13 Å². The minimum Gasteiger partial charge on any atom is -0.342 e. The molecule has 2 N–H and O–H groups in total. The molecule has 1 atom stereocenters. The summed E-state index contributed by atoms with van der Waals surface area (Å²) in [7, 11) is 1.82. The van der Waals surface area contributed by atoms with Gasteiger partial charge >= 0.3 is 0 Å². The summed E-state index contributed by atoms with van der Waals surface area (Å²) in [5.74, 6) is 0.506. The minimum absolute atomic E-state index is 0.142. The first-order chi connectivity index (χ1) is 17.2. The van der Waals surface area contributed by atoms with Gasteiger partial charge in [-0.05, 0) is 42.7 Å². The molecule has 0 saturated carbocycles. The molecule has 2 heterocycles. The van der Waals surface area contributed by atoms with Crippen LogP contribution in [0.2, 0.25) is 10.0 Å². The van der Waals surface area contributed by atoms with Gasteiger partial charge in [-0.25, -0.2) is 4.98 Å². The fraction of sp³-hybridized carbons (Fsp3) is 0.292. The normalized spacial score (nSPS) is 12.2. The number of fused-ring (bicyclic) bond motifs is 1. The number of hydrogen-bond acceptors (Lipinski definition) is 7. The van der Waals surface area contributed by atoms with E-state index in [1.165, 1.54) is 29.2 Å². The van der Waals surface area contributed by atoms with Crippen LogP contribution in [-0.4, -0.2) is 37.3 Å². The lowest BCUT2D eigenvalue weighted by atomic mass is 10.0. The number of anilines is 1. The number of rotatable bonds is 9. The number of halogens is 2. The molecule has 0 aliphatic heterocycles. The number of nitrogens with zero attached hydrogens (tertiary/aromatic N) is 4. The SMILES string of the molecule is CC(C)CC(NC(=O)c1ccc(Cl)cc1Cl)c1nnc(SCC(=O)Nc2nc3ccccc3s2)n1C. The maximum Gasteiger partial charge on any atom is 0.253 e. The standard InChI is InChI=1S/C24H24Cl2N6O2S2/c1-13(2)10-18(27-22(34)15-9-8-14(25)11-16(15)26)21-30-31-24(32(21)3)35-12-20(33)29-23-28-17-6-4-5-7-19(17)36-23/h4-9,11,13,18H,10,12H2,1-3H3,(H,27,34)(H,28,29,33). The fourth-order valence-electron chi connectivity index (χ4n) is 3.58. The fourth-order valence-corrected chi connectivity index (χ4v) is 5.67. The number of aromatic nitrogens is 4. The van der Waals surface area contributed by atoms with Crippen LogP contribution < -0.4 is 10.6 Å². The van der Waals surface area contributed by atoms with Crippen molar-refractivity contribution in [2.45, 2.75) is 31.5 Å². The second-order valence-electron chi connectivity index (χ2n) is 8.50. The van der Waals surface area contributed by atoms with Crippen LogP contribution in [0.3, 0.4) is 0 Å². The second kappa shape index (κ2) is 11.6. The molecule has 0 fully saturated rings. The monoisotopic (exact) mass is 562 g/mol. The molecule has 188 valence electrons. The van der Waals surface area contributed by atoms with E-state index < -0.39 is 6.04 Å². The summed E-state index contributed by atoms with van der Waals surface area (Å²) in [5, 5.41) is 16.3. The lowest BCUT2D eigenvalue weighted by Crippen LogP contribution is -2.31. The Labute approximate surface area is 226 Å². The van der Waals surface area contributed by atoms with Crippen LogP contribution >= 0.6 is 46.3 Å². The molecule has 2 aromatic carbocycles. The van der Waals surface area contributed by atoms with Crippen molar-refractivity contribution in [3.63, 3.8) is 0 Å². The quantitative estimate of drug-likeness (QED) is 0.243. The van der Waals surface area contributed by atoms with Crippen LogP contribution in [-0.2, 0) is 11.8 Å². The van der Waals surface area contributed by atoms with Crippen molar-refractivity contribution >= 4 is 73.5 Å². The Morgan fingerprint density at radius 3 is 2.64 bits per heavy atom. The largest absolute Gasteiger partial charge is 0.342 e. The zero-order valence-electron chi connectivity index (χ0n) is 19.8. The summed E-state index contributed by atoms with van der Waals surface area (Å²) in [4.78, 5) is 29.9. The third kappa shape index (κ3) is 6.36. The van der Waals surface area contributed by atoms with Gasteiger partial charge in [-0.15, -0.1) is 10.2 Å². The van der Waals surface area contributed by atoms with Crippen LogP contribution in [0.5, 0.6) is 0 Å². The van der Waals surface area contributed by atoms with Crippen LogP contribution in [0.25, 0.3) is 10.2 Å². The average molecular weight is 564 g/mol. The third-order valence-corrected chi connectivity index (χ3v) is 7.76. The van der Waals surface area contributed by atoms with E-state index in [-0.39, 0.29) is 28.5 Å². The number of benzene rings is 2. The van der Waals surface area contributed by atoms with Crippen molar-refractivity contribution in [2.75, 3.05) is 11.1 Å². The molecule has 2 amide bonds. The molecule has 0 saturated heterocycles. The van der Waals surface area contributed by atoms with E-state index in [0.717, 1.165) is 10.2 Å². The first kappa shape index (κ1) is 26.4. The Balaban J connectivity index is 1.43. The molecule has 36 heavy (non-hydrogen) atoms. The van der Waals surface area contributed by atoms with Crippen LogP contribution in [0, 0.1) is 5.92 Å². The number of carbonyl (C=O) groups excluding carboxylic acids is 2. The molecule has 0 aliphatic rings. The zero-order valence-corrected chi connectivity index (χ0v) is 22.9. The Hall–Kier alpha value is -2.66. The summed E-state index contributed by atoms with van der Waals surface area (Å²) < 4.78 is 2.81. The lowest BCUT2D eigenvalue weighted by molar-refractivity contribution is -0.113. The Bertz CT molecular complexity index is 1370. The molecule has 0 bridgehead atoms. The van der Waals surface area contributed by atoms with Gasteiger partial charge in [0.2, 0.25) is 5.91 Å². The molecule has 0 spiro atoms. The van der Waals surface area contributed by atoms with Gasteiger partial charge in [0, 0.05) is 12.1 Å². The number of para-hydroxylation sites is 1. The highest BCUT2D eigenvalue weighted by molar-refractivity contribution is 7.99. The van der Waals surface area contributed by atoms with Gasteiger partial charge in [-0.1, -0.05) is 72.3 Å². The van der Waals surface area contributed by atoms with Crippen molar-refractivity contribution < 1.29 is 9.59 Å². The maximum atomic E-state index is 13.0. The summed E-state index contributed by atoms with van der Waals surface area (Å²) in [6.07, 6.45) is 0.645. The van der Waals surface area contributed by atoms with Gasteiger partial charge in [-0.2, -0.15) is 0 Å². The van der Waals surface area contributed by atoms with E-state index in [4.69, 9.17) is 23.2 Å². The predicted octanol–water partition coefficient (Wildman–Crippen LogP) is 5.98. The van der Waals surface area contributed by atoms with E-state index in [1.54, 1.807) is 16.7 Å². The van der Waals surface area contributed by atoms with Crippen LogP contribution in [0.15, 0.2) is 47.6 Å². The van der Waals surface area contributed by atoms with E-state index in [9.17, 15) is 9.59 Å². The highest BCUT2D eigenvalue weighted by atomic mass is 35.5. The molecular formula is C24H24Cl2N6O2S2. The summed E-state index contributed by atoms with van der Waals surface area (Å²) >= 11 is 14.9. The Morgan fingerprint density at radius 1 is 1.14 bits per heavy atom. The molecule has 12 heteroatoms. The topological polar surface area (TPSA) is 102 Å². The van der Waals surface area contributed by atoms with Gasteiger partial charge in [0.15, 0.2) is 16.1 Å². The highest BCUT2D eigenvalue weighted by Crippen LogP contribution is 2.28. The number of thioether (sulfide) groups is 1. The van der Waals surface area contributed by atoms with Gasteiger partial charge in [-0.3, -0.25) is 9.59 Å². The lowest BCUT2D eigenvalue weighted by Gasteiger charge is -2.20. The second-order valence-corrected chi connectivity index (χ2v) is 11.3. The number of amides is 2. The molecule has 0 aliphatic carbocycles. The predicted molar refractivity (Wildman–Crippen MR) is 146 cm³/mol. The van der Waals surface area contributed by atoms with Crippen molar-refractivity contribution in [1.29, 1.82) is 0 Å². The maximum absolute atomic E-state index is 13.0. The van der Waals surface area contributed by atoms with Crippen molar-refractivity contribution in [2.24, 2.45) is 13.0 Å². The van der Waals surface area contributed by atoms with Gasteiger partial charge in [0.25, 0.3) is 5.91 Å². The van der Waals surface area contributed by atoms with Crippen molar-refractivity contribution in [3.8, 4) is 0 Å². The summed E-state index contributed by atoms with van der Waals surface area (Å²) in [6.45, 7) is 4.12. The Morgan fingerprint density at radius 2 is 1.92 bits per heavy atom. The first-order valence-electron chi connectivity index (χ1n) is 11.1. The van der Waals surface area contributed by atoms with Gasteiger partial charge < -0.3 is 15.2 Å². The molecule has 4 rings (SSSR count). The zero-order chi connectivity index (χ0) is 25.8. The smallest absolute Gasteiger partial charge is 0.253 e. The van der Waals surface area contributed by atoms with Gasteiger partial charge in [0.1, 0.15) is 0 Å². The first-order valence-corrected chi connectivity index (χ1v) is 13.7. The molecular weight excluding hydrogens is 539 g/mol. The number of carbonyl (C=O) groups is 2. The summed E-state index contributed by atoms with van der Waals surface area (Å²) in [5.41, 5.74) is 1.18. The number of hydrogen-bond donors (Lipinski definition) is 2. The minimum atomic E-state index is -0.396. The van der Waals surface area contributed by atoms with Crippen molar-refractivity contribution in [1.82, 2.24) is 25.1 Å². The molecule has 1 unspecified atom stereocenters. The highest BCUT2D eigenvalue weighted by Gasteiger charge is 2.24. The molecule has 8 nitrogen and oxygen atoms in total. The number of thiazole rings is 1. The van der Waals surface area contributed by atoms with Crippen LogP contribution in [0.1, 0.15) is 42.5 Å². The Kier molecular flexibility index (Phi) is 8.50. The molecule has 4 aromatic rings. The van der Waals surface area contributed by atoms with E-state index in [0.29, 0.717) is 33.1 Å². The van der Waals surface area contributed by atoms with E-state index >= 15 is 0 Å². The number of nitrogens with one attached hydrogen (secondary N) is 2. The third-order valence-electron chi connectivity index (χ3n) is 5.24. The summed E-state index contributed by atoms with van der Waals surface area (Å²) in [6, 6.07) is 12.1. The molecule has 0 radical (unpaired) electrons. The molecule has 2 aromatic heterocycles. The average Bonchev–Trinajstić information content (AvgIpc) is 3.39. The van der Waals surface area contributed by atoms with Gasteiger partial charge in [0.05, 0.1) is 32.6 Å².